The van der Waals surface area contributed by atoms with Crippen LogP contribution in [0.5, 0.6) is 0 Å². The van der Waals surface area contributed by atoms with Crippen molar-refractivity contribution < 1.29 is 9.18 Å². The van der Waals surface area contributed by atoms with Gasteiger partial charge in [-0.15, -0.1) is 11.8 Å². The third kappa shape index (κ3) is 4.17. The molecule has 3 heterocycles. The van der Waals surface area contributed by atoms with Gasteiger partial charge >= 0.3 is 0 Å². The second-order valence-corrected chi connectivity index (χ2v) is 10.3. The number of benzene rings is 2. The molecule has 0 unspecified atom stereocenters. The zero-order chi connectivity index (χ0) is 22.2. The highest BCUT2D eigenvalue weighted by Gasteiger charge is 2.23. The Bertz CT molecular complexity index is 1420. The summed E-state index contributed by atoms with van der Waals surface area (Å²) < 4.78 is 16.2. The minimum absolute atomic E-state index is 0.0443. The molecule has 0 spiro atoms. The molecule has 1 N–H and O–H groups in total. The van der Waals surface area contributed by atoms with Gasteiger partial charge in [0.15, 0.2) is 10.3 Å². The molecule has 0 saturated heterocycles. The van der Waals surface area contributed by atoms with Crippen molar-refractivity contribution in [1.29, 1.82) is 0 Å². The molecule has 0 bridgehead atoms. The van der Waals surface area contributed by atoms with Crippen LogP contribution in [0, 0.1) is 12.7 Å². The lowest BCUT2D eigenvalue weighted by atomic mass is 10.2. The molecule has 4 aromatic rings. The van der Waals surface area contributed by atoms with Gasteiger partial charge in [-0.25, -0.2) is 14.4 Å². The number of aryl methyl sites for hydroxylation is 2. The molecular formula is C22H17FN4O2S3. The van der Waals surface area contributed by atoms with E-state index >= 15 is 0 Å². The number of hydrogen-bond donors (Lipinski definition) is 1. The summed E-state index contributed by atoms with van der Waals surface area (Å²) in [5.74, 6) is 0.137. The summed E-state index contributed by atoms with van der Waals surface area (Å²) >= 11 is 4.02. The lowest BCUT2D eigenvalue weighted by Crippen LogP contribution is -2.24. The van der Waals surface area contributed by atoms with Gasteiger partial charge in [0.05, 0.1) is 32.2 Å². The predicted octanol–water partition coefficient (Wildman–Crippen LogP) is 4.67. The summed E-state index contributed by atoms with van der Waals surface area (Å²) in [5, 5.41) is 3.72. The molecule has 0 saturated carbocycles. The summed E-state index contributed by atoms with van der Waals surface area (Å²) in [4.78, 5) is 35.4. The van der Waals surface area contributed by atoms with Gasteiger partial charge in [-0.2, -0.15) is 0 Å². The molecule has 2 aromatic carbocycles. The highest BCUT2D eigenvalue weighted by Crippen LogP contribution is 2.31. The van der Waals surface area contributed by atoms with E-state index in [2.05, 4.69) is 15.3 Å². The van der Waals surface area contributed by atoms with Crippen molar-refractivity contribution in [3.8, 4) is 5.69 Å². The summed E-state index contributed by atoms with van der Waals surface area (Å²) in [6.07, 6.45) is 0.699. The number of aromatic nitrogens is 3. The van der Waals surface area contributed by atoms with E-state index in [9.17, 15) is 14.0 Å². The van der Waals surface area contributed by atoms with E-state index in [0.29, 0.717) is 27.3 Å². The Morgan fingerprint density at radius 1 is 1.25 bits per heavy atom. The minimum atomic E-state index is -0.442. The van der Waals surface area contributed by atoms with Gasteiger partial charge in [-0.1, -0.05) is 35.2 Å². The van der Waals surface area contributed by atoms with E-state index in [0.717, 1.165) is 39.0 Å². The highest BCUT2D eigenvalue weighted by atomic mass is 32.2. The number of fused-ring (bicyclic) bond motifs is 2. The van der Waals surface area contributed by atoms with Crippen LogP contribution in [-0.2, 0) is 11.2 Å². The number of halogens is 1. The molecule has 1 aliphatic heterocycles. The predicted molar refractivity (Wildman–Crippen MR) is 128 cm³/mol. The van der Waals surface area contributed by atoms with Crippen LogP contribution in [-0.4, -0.2) is 31.9 Å². The van der Waals surface area contributed by atoms with Gasteiger partial charge in [0.25, 0.3) is 5.56 Å². The number of carbonyl (C=O) groups excluding carboxylic acids is 1. The Kier molecular flexibility index (Phi) is 5.75. The molecule has 6 nitrogen and oxygen atoms in total. The Labute approximate surface area is 195 Å². The van der Waals surface area contributed by atoms with Crippen molar-refractivity contribution in [2.75, 3.05) is 16.8 Å². The highest BCUT2D eigenvalue weighted by molar-refractivity contribution is 8.00. The number of anilines is 1. The van der Waals surface area contributed by atoms with Crippen LogP contribution in [0.2, 0.25) is 0 Å². The fourth-order valence-electron chi connectivity index (χ4n) is 3.40. The Morgan fingerprint density at radius 3 is 2.97 bits per heavy atom. The normalized spacial score (nSPS) is 12.8. The molecular weight excluding hydrogens is 467 g/mol. The van der Waals surface area contributed by atoms with E-state index in [1.165, 1.54) is 39.8 Å². The summed E-state index contributed by atoms with van der Waals surface area (Å²) in [5.41, 5.74) is 2.86. The number of thiazole rings is 1. The van der Waals surface area contributed by atoms with Gasteiger partial charge in [-0.3, -0.25) is 14.2 Å². The van der Waals surface area contributed by atoms with Gasteiger partial charge < -0.3 is 5.32 Å². The van der Waals surface area contributed by atoms with Gasteiger partial charge in [0.1, 0.15) is 5.82 Å². The molecule has 0 atom stereocenters. The number of thioether (sulfide) groups is 2. The van der Waals surface area contributed by atoms with Crippen LogP contribution in [0.1, 0.15) is 11.3 Å². The second-order valence-electron chi connectivity index (χ2n) is 7.22. The lowest BCUT2D eigenvalue weighted by Gasteiger charge is -2.13. The first-order chi connectivity index (χ1) is 15.5. The van der Waals surface area contributed by atoms with Gasteiger partial charge in [0.2, 0.25) is 5.91 Å². The number of rotatable bonds is 5. The van der Waals surface area contributed by atoms with Crippen molar-refractivity contribution in [2.45, 2.75) is 23.4 Å². The zero-order valence-corrected chi connectivity index (χ0v) is 19.4. The van der Waals surface area contributed by atoms with Crippen molar-refractivity contribution in [3.63, 3.8) is 0 Å². The third-order valence-corrected chi connectivity index (χ3v) is 7.83. The van der Waals surface area contributed by atoms with E-state index in [1.807, 2.05) is 25.1 Å². The molecule has 5 rings (SSSR count). The molecule has 1 amide bonds. The number of nitrogens with one attached hydrogen (secondary N) is 1. The van der Waals surface area contributed by atoms with E-state index in [-0.39, 0.29) is 17.2 Å². The average molecular weight is 485 g/mol. The first-order valence-electron chi connectivity index (χ1n) is 9.82. The first-order valence-corrected chi connectivity index (χ1v) is 12.6. The maximum Gasteiger partial charge on any atom is 0.272 e. The zero-order valence-electron chi connectivity index (χ0n) is 16.9. The molecule has 1 aliphatic rings. The topological polar surface area (TPSA) is 76.9 Å². The molecule has 162 valence electrons. The van der Waals surface area contributed by atoms with Crippen LogP contribution in [0.25, 0.3) is 15.9 Å². The number of carbonyl (C=O) groups is 1. The Morgan fingerprint density at radius 2 is 2.12 bits per heavy atom. The summed E-state index contributed by atoms with van der Waals surface area (Å²) in [6.45, 7) is 2.01. The maximum absolute atomic E-state index is 13.8. The van der Waals surface area contributed by atoms with Crippen molar-refractivity contribution in [2.24, 2.45) is 0 Å². The summed E-state index contributed by atoms with van der Waals surface area (Å²) in [6, 6.07) is 11.8. The van der Waals surface area contributed by atoms with Crippen LogP contribution in [0.4, 0.5) is 9.52 Å². The van der Waals surface area contributed by atoms with Crippen molar-refractivity contribution in [1.82, 2.24) is 14.5 Å². The van der Waals surface area contributed by atoms with Crippen molar-refractivity contribution >= 4 is 56.1 Å². The quantitative estimate of drug-likeness (QED) is 0.328. The van der Waals surface area contributed by atoms with Crippen LogP contribution in [0.15, 0.2) is 57.3 Å². The Balaban J connectivity index is 1.40. The lowest BCUT2D eigenvalue weighted by molar-refractivity contribution is -0.113. The smallest absolute Gasteiger partial charge is 0.272 e. The molecule has 0 radical (unpaired) electrons. The fraction of sp³-hybridized carbons (Fsp3) is 0.182. The maximum atomic E-state index is 13.8. The van der Waals surface area contributed by atoms with Gasteiger partial charge in [-0.05, 0) is 42.8 Å². The molecule has 0 fully saturated rings. The SMILES string of the molecule is Cc1ccc2nc(NC(=O)CSc3nc4c(c(=O)n3-c3cccc(F)c3)SCC4)sc2c1. The monoisotopic (exact) mass is 484 g/mol. The van der Waals surface area contributed by atoms with Crippen molar-refractivity contribution in [3.05, 3.63) is 69.9 Å². The fourth-order valence-corrected chi connectivity index (χ4v) is 6.24. The average Bonchev–Trinajstić information content (AvgIpc) is 3.38. The van der Waals surface area contributed by atoms with Gasteiger partial charge in [0, 0.05) is 12.2 Å². The largest absolute Gasteiger partial charge is 0.301 e. The standard InChI is InChI=1S/C22H17FN4O2S3/c1-12-5-6-15-17(9-12)32-21(24-15)26-18(28)11-31-22-25-16-7-8-30-19(16)20(29)27(22)14-4-2-3-13(23)10-14/h2-6,9-10H,7-8,11H2,1H3,(H,24,26,28). The number of amides is 1. The number of nitrogens with zero attached hydrogens (tertiary/aromatic N) is 3. The van der Waals surface area contributed by atoms with Crippen LogP contribution < -0.4 is 10.9 Å². The Hall–Kier alpha value is -2.69. The number of hydrogen-bond acceptors (Lipinski definition) is 7. The summed E-state index contributed by atoms with van der Waals surface area (Å²) in [7, 11) is 0. The molecule has 2 aromatic heterocycles. The molecule has 32 heavy (non-hydrogen) atoms. The third-order valence-electron chi connectivity index (χ3n) is 4.86. The first kappa shape index (κ1) is 21.2. The van der Waals surface area contributed by atoms with E-state index < -0.39 is 5.82 Å². The van der Waals surface area contributed by atoms with Crippen LogP contribution in [0.3, 0.4) is 0 Å². The van der Waals surface area contributed by atoms with E-state index in [1.54, 1.807) is 12.1 Å². The minimum Gasteiger partial charge on any atom is -0.301 e. The molecule has 0 aliphatic carbocycles. The molecule has 10 heteroatoms. The van der Waals surface area contributed by atoms with Crippen LogP contribution >= 0.6 is 34.9 Å². The second kappa shape index (κ2) is 8.68. The van der Waals surface area contributed by atoms with E-state index in [4.69, 9.17) is 0 Å².